The summed E-state index contributed by atoms with van der Waals surface area (Å²) in [7, 11) is 0. The number of alkyl halides is 2. The minimum Gasteiger partial charge on any atom is -0.249 e. The summed E-state index contributed by atoms with van der Waals surface area (Å²) in [5, 5.41) is 1.71. The number of aromatic nitrogens is 1. The molecule has 0 aliphatic heterocycles. The van der Waals surface area contributed by atoms with Crippen LogP contribution in [-0.2, 0) is 10.7 Å². The Kier molecular flexibility index (Phi) is 4.02. The fraction of sp³-hybridized carbons (Fsp3) is 0.286. The Hall–Kier alpha value is 0.590. The van der Waals surface area contributed by atoms with Gasteiger partial charge in [-0.3, -0.25) is 0 Å². The van der Waals surface area contributed by atoms with E-state index < -0.39 is 0 Å². The largest absolute Gasteiger partial charge is 0.249 e. The number of nitrogens with zero attached hydrogens (tertiary/aromatic N) is 1. The van der Waals surface area contributed by atoms with Gasteiger partial charge in [-0.25, -0.2) is 4.98 Å². The van der Waals surface area contributed by atoms with E-state index in [1.54, 1.807) is 6.20 Å². The number of pyridine rings is 1. The van der Waals surface area contributed by atoms with Gasteiger partial charge in [-0.15, -0.1) is 0 Å². The highest BCUT2D eigenvalue weighted by Crippen LogP contribution is 2.22. The molecule has 0 aliphatic rings. The highest BCUT2D eigenvalue weighted by atomic mass is 79.9. The maximum absolute atomic E-state index is 4.12. The van der Waals surface area contributed by atoms with Gasteiger partial charge in [0.15, 0.2) is 0 Å². The Morgan fingerprint density at radius 3 is 2.45 bits per heavy atom. The molecule has 0 unspecified atom stereocenters. The van der Waals surface area contributed by atoms with Crippen molar-refractivity contribution in [3.63, 3.8) is 0 Å². The van der Waals surface area contributed by atoms with Crippen molar-refractivity contribution in [3.8, 4) is 0 Å². The zero-order valence-corrected chi connectivity index (χ0v) is 10.4. The third-order valence-electron chi connectivity index (χ3n) is 1.38. The van der Waals surface area contributed by atoms with Crippen LogP contribution in [0.25, 0.3) is 0 Å². The molecule has 0 aromatic carbocycles. The third-order valence-corrected chi connectivity index (χ3v) is 3.23. The Morgan fingerprint density at radius 1 is 1.27 bits per heavy atom. The Morgan fingerprint density at radius 2 is 2.00 bits per heavy atom. The van der Waals surface area contributed by atoms with Gasteiger partial charge in [0.05, 0.1) is 0 Å². The molecule has 0 saturated heterocycles. The van der Waals surface area contributed by atoms with Crippen LogP contribution in [0.1, 0.15) is 11.1 Å². The van der Waals surface area contributed by atoms with Crippen LogP contribution in [0.2, 0.25) is 0 Å². The molecule has 0 fully saturated rings. The molecule has 0 bridgehead atoms. The highest BCUT2D eigenvalue weighted by Gasteiger charge is 2.03. The summed E-state index contributed by atoms with van der Waals surface area (Å²) in [5.74, 6) is 0. The normalized spacial score (nSPS) is 10.1. The molecule has 0 aliphatic carbocycles. The van der Waals surface area contributed by atoms with Crippen LogP contribution in [0.4, 0.5) is 0 Å². The SMILES string of the molecule is BrCc1ccnc(Br)c1CBr. The molecule has 0 radical (unpaired) electrons. The molecule has 0 atom stereocenters. The second-order valence-electron chi connectivity index (χ2n) is 2.01. The Balaban J connectivity index is 3.13. The number of hydrogen-bond acceptors (Lipinski definition) is 1. The lowest BCUT2D eigenvalue weighted by molar-refractivity contribution is 1.16. The van der Waals surface area contributed by atoms with Crippen molar-refractivity contribution in [1.29, 1.82) is 0 Å². The molecular weight excluding hydrogens is 338 g/mol. The van der Waals surface area contributed by atoms with Crippen LogP contribution < -0.4 is 0 Å². The van der Waals surface area contributed by atoms with Crippen molar-refractivity contribution in [2.75, 3.05) is 0 Å². The first-order chi connectivity index (χ1) is 5.29. The van der Waals surface area contributed by atoms with Gasteiger partial charge >= 0.3 is 0 Å². The van der Waals surface area contributed by atoms with E-state index in [9.17, 15) is 0 Å². The minimum atomic E-state index is 0.836. The van der Waals surface area contributed by atoms with Crippen molar-refractivity contribution in [3.05, 3.63) is 28.0 Å². The quantitative estimate of drug-likeness (QED) is 0.590. The molecule has 1 heterocycles. The van der Waals surface area contributed by atoms with Gasteiger partial charge in [-0.05, 0) is 33.1 Å². The van der Waals surface area contributed by atoms with Crippen molar-refractivity contribution < 1.29 is 0 Å². The van der Waals surface area contributed by atoms with E-state index >= 15 is 0 Å². The molecule has 1 aromatic rings. The predicted molar refractivity (Wildman–Crippen MR) is 57.2 cm³/mol. The van der Waals surface area contributed by atoms with Crippen LogP contribution in [0.3, 0.4) is 0 Å². The molecule has 1 nitrogen and oxygen atoms in total. The van der Waals surface area contributed by atoms with Crippen molar-refractivity contribution in [1.82, 2.24) is 4.98 Å². The smallest absolute Gasteiger partial charge is 0.110 e. The third kappa shape index (κ3) is 2.26. The molecule has 0 N–H and O–H groups in total. The van der Waals surface area contributed by atoms with E-state index in [0.717, 1.165) is 15.3 Å². The summed E-state index contributed by atoms with van der Waals surface area (Å²) in [4.78, 5) is 4.12. The van der Waals surface area contributed by atoms with Gasteiger partial charge in [0.25, 0.3) is 0 Å². The zero-order chi connectivity index (χ0) is 8.27. The van der Waals surface area contributed by atoms with Gasteiger partial charge in [-0.2, -0.15) is 0 Å². The van der Waals surface area contributed by atoms with E-state index in [1.807, 2.05) is 6.07 Å². The van der Waals surface area contributed by atoms with Crippen LogP contribution >= 0.6 is 47.8 Å². The van der Waals surface area contributed by atoms with E-state index in [0.29, 0.717) is 0 Å². The summed E-state index contributed by atoms with van der Waals surface area (Å²) in [5.41, 5.74) is 2.48. The minimum absolute atomic E-state index is 0.836. The van der Waals surface area contributed by atoms with Crippen molar-refractivity contribution in [2.45, 2.75) is 10.7 Å². The van der Waals surface area contributed by atoms with Crippen LogP contribution in [-0.4, -0.2) is 4.98 Å². The van der Waals surface area contributed by atoms with Crippen LogP contribution in [0.5, 0.6) is 0 Å². The summed E-state index contributed by atoms with van der Waals surface area (Å²) in [6, 6.07) is 2.01. The lowest BCUT2D eigenvalue weighted by atomic mass is 10.2. The van der Waals surface area contributed by atoms with E-state index in [1.165, 1.54) is 11.1 Å². The monoisotopic (exact) mass is 341 g/mol. The molecule has 11 heavy (non-hydrogen) atoms. The first-order valence-corrected chi connectivity index (χ1v) is 6.07. The van der Waals surface area contributed by atoms with E-state index in [4.69, 9.17) is 0 Å². The predicted octanol–water partition coefficient (Wildman–Crippen LogP) is 3.63. The molecular formula is C7H6Br3N. The standard InChI is InChI=1S/C7H6Br3N/c8-3-5-1-2-11-7(10)6(5)4-9/h1-2H,3-4H2. The first-order valence-electron chi connectivity index (χ1n) is 3.03. The molecule has 1 rings (SSSR count). The van der Waals surface area contributed by atoms with Crippen LogP contribution in [0.15, 0.2) is 16.9 Å². The summed E-state index contributed by atoms with van der Waals surface area (Å²) in [6.07, 6.45) is 1.80. The summed E-state index contributed by atoms with van der Waals surface area (Å²) >= 11 is 10.2. The van der Waals surface area contributed by atoms with Crippen molar-refractivity contribution in [2.24, 2.45) is 0 Å². The van der Waals surface area contributed by atoms with E-state index in [-0.39, 0.29) is 0 Å². The molecule has 60 valence electrons. The number of hydrogen-bond donors (Lipinski definition) is 0. The lowest BCUT2D eigenvalue weighted by Crippen LogP contribution is -1.91. The second kappa shape index (κ2) is 4.58. The Labute approximate surface area is 91.0 Å². The maximum atomic E-state index is 4.12. The maximum Gasteiger partial charge on any atom is 0.110 e. The molecule has 0 spiro atoms. The average Bonchev–Trinajstić information content (AvgIpc) is 2.04. The van der Waals surface area contributed by atoms with Gasteiger partial charge in [0, 0.05) is 16.9 Å². The zero-order valence-electron chi connectivity index (χ0n) is 5.65. The molecule has 0 saturated carbocycles. The van der Waals surface area contributed by atoms with Gasteiger partial charge in [0.1, 0.15) is 4.60 Å². The van der Waals surface area contributed by atoms with E-state index in [2.05, 4.69) is 52.8 Å². The molecule has 0 amide bonds. The highest BCUT2D eigenvalue weighted by molar-refractivity contribution is 9.10. The number of rotatable bonds is 2. The average molecular weight is 344 g/mol. The fourth-order valence-electron chi connectivity index (χ4n) is 0.770. The fourth-order valence-corrected chi connectivity index (χ4v) is 2.81. The Bertz CT molecular complexity index is 249. The summed E-state index contributed by atoms with van der Waals surface area (Å²) in [6.45, 7) is 0. The molecule has 4 heteroatoms. The van der Waals surface area contributed by atoms with Gasteiger partial charge in [0.2, 0.25) is 0 Å². The van der Waals surface area contributed by atoms with Crippen LogP contribution in [0, 0.1) is 0 Å². The second-order valence-corrected chi connectivity index (χ2v) is 3.88. The van der Waals surface area contributed by atoms with Gasteiger partial charge < -0.3 is 0 Å². The first kappa shape index (κ1) is 9.68. The van der Waals surface area contributed by atoms with Crippen molar-refractivity contribution >= 4 is 47.8 Å². The summed E-state index contributed by atoms with van der Waals surface area (Å²) < 4.78 is 0.923. The lowest BCUT2D eigenvalue weighted by Gasteiger charge is -2.04. The van der Waals surface area contributed by atoms with Gasteiger partial charge in [-0.1, -0.05) is 31.9 Å². The number of halogens is 3. The molecule has 1 aromatic heterocycles. The topological polar surface area (TPSA) is 12.9 Å².